The zero-order valence-corrected chi connectivity index (χ0v) is 17.7. The fraction of sp³-hybridized carbons (Fsp3) is 0.375. The molecule has 0 aliphatic carbocycles. The third-order valence-electron chi connectivity index (χ3n) is 5.91. The van der Waals surface area contributed by atoms with E-state index in [2.05, 4.69) is 52.4 Å². The summed E-state index contributed by atoms with van der Waals surface area (Å²) in [7, 11) is 1.65. The largest absolute Gasteiger partial charge is 0.481 e. The molecule has 1 aliphatic rings. The maximum atomic E-state index is 11.9. The average molecular weight is 457 g/mol. The minimum absolute atomic E-state index is 0. The first-order chi connectivity index (χ1) is 13.5. The second-order valence-corrected chi connectivity index (χ2v) is 8.53. The normalized spacial score (nSPS) is 22.7. The van der Waals surface area contributed by atoms with Gasteiger partial charge in [-0.3, -0.25) is 0 Å². The summed E-state index contributed by atoms with van der Waals surface area (Å²) < 4.78 is 6.71. The van der Waals surface area contributed by atoms with E-state index >= 15 is 0 Å². The van der Waals surface area contributed by atoms with E-state index in [0.717, 1.165) is 39.6 Å². The van der Waals surface area contributed by atoms with Gasteiger partial charge < -0.3 is 15.2 Å². The number of aliphatic hydroxyl groups is 1. The van der Waals surface area contributed by atoms with E-state index in [0.29, 0.717) is 12.3 Å². The van der Waals surface area contributed by atoms with Gasteiger partial charge in [0.15, 0.2) is 0 Å². The number of aromatic nitrogens is 1. The van der Waals surface area contributed by atoms with Gasteiger partial charge in [-0.25, -0.2) is 4.98 Å². The van der Waals surface area contributed by atoms with E-state index in [4.69, 9.17) is 9.72 Å². The summed E-state index contributed by atoms with van der Waals surface area (Å²) in [6.45, 7) is 3.69. The SMILES string of the molecule is C.COc1nc2ccc(Br)cc2cc1C(c1ccccc1)C1(O)CCNCC1C. The number of halogens is 1. The number of pyridine rings is 1. The highest BCUT2D eigenvalue weighted by Gasteiger charge is 2.46. The van der Waals surface area contributed by atoms with Gasteiger partial charge >= 0.3 is 0 Å². The number of ether oxygens (including phenoxy) is 1. The van der Waals surface area contributed by atoms with Crippen molar-refractivity contribution in [3.63, 3.8) is 0 Å². The van der Waals surface area contributed by atoms with Gasteiger partial charge in [-0.1, -0.05) is 60.6 Å². The number of nitrogens with one attached hydrogen (secondary N) is 1. The van der Waals surface area contributed by atoms with Crippen LogP contribution in [0.4, 0.5) is 0 Å². The lowest BCUT2D eigenvalue weighted by molar-refractivity contribution is -0.0477. The van der Waals surface area contributed by atoms with Crippen LogP contribution in [0, 0.1) is 5.92 Å². The molecule has 0 radical (unpaired) electrons. The Hall–Kier alpha value is -1.95. The molecule has 0 spiro atoms. The van der Waals surface area contributed by atoms with Crippen LogP contribution in [0.15, 0.2) is 59.1 Å². The van der Waals surface area contributed by atoms with Crippen molar-refractivity contribution in [3.8, 4) is 5.88 Å². The quantitative estimate of drug-likeness (QED) is 0.570. The van der Waals surface area contributed by atoms with Crippen molar-refractivity contribution in [1.82, 2.24) is 10.3 Å². The van der Waals surface area contributed by atoms with Gasteiger partial charge in [0.25, 0.3) is 0 Å². The van der Waals surface area contributed by atoms with Crippen molar-refractivity contribution in [3.05, 3.63) is 70.2 Å². The van der Waals surface area contributed by atoms with Crippen LogP contribution in [-0.4, -0.2) is 35.9 Å². The van der Waals surface area contributed by atoms with E-state index < -0.39 is 5.60 Å². The fourth-order valence-corrected chi connectivity index (χ4v) is 4.74. The zero-order chi connectivity index (χ0) is 19.7. The first-order valence-electron chi connectivity index (χ1n) is 9.65. The molecule has 3 atom stereocenters. The number of piperidine rings is 1. The van der Waals surface area contributed by atoms with E-state index in [1.807, 2.05) is 30.3 Å². The Labute approximate surface area is 181 Å². The lowest BCUT2D eigenvalue weighted by Crippen LogP contribution is -2.53. The van der Waals surface area contributed by atoms with Gasteiger partial charge in [0.1, 0.15) is 0 Å². The molecule has 0 saturated carbocycles. The molecule has 1 fully saturated rings. The van der Waals surface area contributed by atoms with E-state index in [9.17, 15) is 5.11 Å². The maximum Gasteiger partial charge on any atom is 0.217 e. The van der Waals surface area contributed by atoms with Gasteiger partial charge in [0.2, 0.25) is 5.88 Å². The Bertz CT molecular complexity index is 979. The van der Waals surface area contributed by atoms with E-state index in [1.165, 1.54) is 0 Å². The highest BCUT2D eigenvalue weighted by molar-refractivity contribution is 9.10. The van der Waals surface area contributed by atoms with Gasteiger partial charge in [-0.15, -0.1) is 0 Å². The molecule has 3 unspecified atom stereocenters. The molecule has 0 amide bonds. The van der Waals surface area contributed by atoms with Crippen LogP contribution in [-0.2, 0) is 0 Å². The van der Waals surface area contributed by atoms with Crippen molar-refractivity contribution < 1.29 is 9.84 Å². The molecule has 0 bridgehead atoms. The minimum atomic E-state index is -0.888. The monoisotopic (exact) mass is 456 g/mol. The Balaban J connectivity index is 0.00000240. The molecular formula is C24H29BrN2O2. The molecule has 4 nitrogen and oxygen atoms in total. The van der Waals surface area contributed by atoms with E-state index in [-0.39, 0.29) is 19.3 Å². The van der Waals surface area contributed by atoms with Crippen molar-refractivity contribution >= 4 is 26.8 Å². The number of hydrogen-bond donors (Lipinski definition) is 2. The molecule has 154 valence electrons. The van der Waals surface area contributed by atoms with Gasteiger partial charge in [-0.05, 0) is 48.7 Å². The lowest BCUT2D eigenvalue weighted by Gasteiger charge is -2.45. The summed E-state index contributed by atoms with van der Waals surface area (Å²) in [6, 6.07) is 18.4. The number of nitrogens with zero attached hydrogens (tertiary/aromatic N) is 1. The Morgan fingerprint density at radius 3 is 2.66 bits per heavy atom. The van der Waals surface area contributed by atoms with Crippen molar-refractivity contribution in [2.45, 2.75) is 32.3 Å². The predicted molar refractivity (Wildman–Crippen MR) is 123 cm³/mol. The van der Waals surface area contributed by atoms with Gasteiger partial charge in [-0.2, -0.15) is 0 Å². The molecule has 29 heavy (non-hydrogen) atoms. The number of methoxy groups -OCH3 is 1. The molecule has 2 N–H and O–H groups in total. The number of benzene rings is 2. The summed E-state index contributed by atoms with van der Waals surface area (Å²) in [5.41, 5.74) is 1.99. The Morgan fingerprint density at radius 2 is 1.97 bits per heavy atom. The van der Waals surface area contributed by atoms with E-state index in [1.54, 1.807) is 7.11 Å². The summed E-state index contributed by atoms with van der Waals surface area (Å²) in [5.74, 6) is 0.439. The predicted octanol–water partition coefficient (Wildman–Crippen LogP) is 5.13. The number of fused-ring (bicyclic) bond motifs is 1. The van der Waals surface area contributed by atoms with Crippen molar-refractivity contribution in [2.24, 2.45) is 5.92 Å². The molecule has 1 saturated heterocycles. The van der Waals surface area contributed by atoms with Crippen LogP contribution in [0.25, 0.3) is 10.9 Å². The van der Waals surface area contributed by atoms with Crippen LogP contribution in [0.5, 0.6) is 5.88 Å². The minimum Gasteiger partial charge on any atom is -0.481 e. The molecule has 3 aromatic rings. The number of rotatable bonds is 4. The smallest absolute Gasteiger partial charge is 0.217 e. The fourth-order valence-electron chi connectivity index (χ4n) is 4.36. The lowest BCUT2D eigenvalue weighted by atomic mass is 9.68. The second kappa shape index (κ2) is 8.82. The summed E-state index contributed by atoms with van der Waals surface area (Å²) in [4.78, 5) is 4.76. The Kier molecular flexibility index (Phi) is 6.62. The average Bonchev–Trinajstić information content (AvgIpc) is 2.71. The molecular weight excluding hydrogens is 428 g/mol. The van der Waals surface area contributed by atoms with Crippen LogP contribution in [0.1, 0.15) is 37.8 Å². The molecule has 4 rings (SSSR count). The first kappa shape index (κ1) is 21.8. The second-order valence-electron chi connectivity index (χ2n) is 7.61. The van der Waals surface area contributed by atoms with Crippen LogP contribution >= 0.6 is 15.9 Å². The summed E-state index contributed by atoms with van der Waals surface area (Å²) >= 11 is 3.55. The highest BCUT2D eigenvalue weighted by Crippen LogP contribution is 2.46. The van der Waals surface area contributed by atoms with Crippen molar-refractivity contribution in [1.29, 1.82) is 0 Å². The molecule has 1 aliphatic heterocycles. The van der Waals surface area contributed by atoms with Crippen molar-refractivity contribution in [2.75, 3.05) is 20.2 Å². The highest BCUT2D eigenvalue weighted by atomic mass is 79.9. The molecule has 1 aromatic heterocycles. The van der Waals surface area contributed by atoms with Crippen LogP contribution in [0.2, 0.25) is 0 Å². The first-order valence-corrected chi connectivity index (χ1v) is 10.4. The standard InChI is InChI=1S/C23H25BrN2O2.CH4/c1-15-14-25-11-10-23(15,27)21(16-6-4-3-5-7-16)19-13-17-12-18(24)8-9-20(17)26-22(19)28-2;/h3-9,12-13,15,21,25,27H,10-11,14H2,1-2H3;1H4. The third-order valence-corrected chi connectivity index (χ3v) is 6.41. The topological polar surface area (TPSA) is 54.4 Å². The van der Waals surface area contributed by atoms with Gasteiger partial charge in [0.05, 0.1) is 18.2 Å². The molecule has 2 heterocycles. The van der Waals surface area contributed by atoms with Crippen LogP contribution in [0.3, 0.4) is 0 Å². The molecule has 5 heteroatoms. The molecule has 2 aromatic carbocycles. The summed E-state index contributed by atoms with van der Waals surface area (Å²) in [6.07, 6.45) is 0.674. The zero-order valence-electron chi connectivity index (χ0n) is 16.2. The van der Waals surface area contributed by atoms with Gasteiger partial charge in [0, 0.05) is 27.9 Å². The number of hydrogen-bond acceptors (Lipinski definition) is 4. The third kappa shape index (κ3) is 4.04. The van der Waals surface area contributed by atoms with Crippen LogP contribution < -0.4 is 10.1 Å². The Morgan fingerprint density at radius 1 is 1.21 bits per heavy atom. The maximum absolute atomic E-state index is 11.9. The summed E-state index contributed by atoms with van der Waals surface area (Å²) in [5, 5.41) is 16.3.